The van der Waals surface area contributed by atoms with Crippen LogP contribution in [0.2, 0.25) is 0 Å². The Morgan fingerprint density at radius 2 is 1.91 bits per heavy atom. The summed E-state index contributed by atoms with van der Waals surface area (Å²) in [5.74, 6) is 1.04. The second-order valence-electron chi connectivity index (χ2n) is 9.25. The molecule has 5 rings (SSSR count). The number of rotatable bonds is 3. The number of fused-ring (bicyclic) bond motifs is 1. The highest BCUT2D eigenvalue weighted by Crippen LogP contribution is 2.34. The molecule has 3 aromatic rings. The predicted molar refractivity (Wildman–Crippen MR) is 123 cm³/mol. The van der Waals surface area contributed by atoms with Crippen molar-refractivity contribution in [3.05, 3.63) is 52.5 Å². The molecule has 1 aromatic carbocycles. The average molecular weight is 448 g/mol. The number of carbonyl (C=O) groups is 2. The van der Waals surface area contributed by atoms with Crippen molar-refractivity contribution >= 4 is 11.7 Å². The van der Waals surface area contributed by atoms with Crippen LogP contribution in [-0.4, -0.2) is 55.8 Å². The van der Waals surface area contributed by atoms with Gasteiger partial charge in [-0.1, -0.05) is 11.6 Å². The van der Waals surface area contributed by atoms with Crippen molar-refractivity contribution in [3.63, 3.8) is 0 Å². The molecule has 0 aliphatic carbocycles. The number of ketones is 1. The van der Waals surface area contributed by atoms with E-state index in [2.05, 4.69) is 15.3 Å². The van der Waals surface area contributed by atoms with Crippen LogP contribution in [0.3, 0.4) is 0 Å². The van der Waals surface area contributed by atoms with Crippen molar-refractivity contribution in [2.75, 3.05) is 13.1 Å². The van der Waals surface area contributed by atoms with Crippen LogP contribution < -0.4 is 4.74 Å². The number of hydrogen-bond donors (Lipinski definition) is 1. The first-order valence-corrected chi connectivity index (χ1v) is 11.5. The molecule has 172 valence electrons. The van der Waals surface area contributed by atoms with E-state index in [9.17, 15) is 9.59 Å². The SMILES string of the molecule is Cc1ccc2c(c1)C(=O)C[C@@H](C1CCN(C(=O)c3cc(-c4c(C)nn(C)c4C)n[nH]3)CC1)O2. The summed E-state index contributed by atoms with van der Waals surface area (Å²) in [4.78, 5) is 27.6. The maximum atomic E-state index is 13.1. The summed E-state index contributed by atoms with van der Waals surface area (Å²) in [6, 6.07) is 7.59. The molecule has 0 radical (unpaired) electrons. The molecular weight excluding hydrogens is 418 g/mol. The third-order valence-electron chi connectivity index (χ3n) is 7.03. The highest BCUT2D eigenvalue weighted by atomic mass is 16.5. The molecule has 1 amide bonds. The molecule has 1 saturated heterocycles. The normalized spacial score (nSPS) is 18.8. The van der Waals surface area contributed by atoms with Gasteiger partial charge in [-0.3, -0.25) is 19.4 Å². The van der Waals surface area contributed by atoms with Crippen LogP contribution in [-0.2, 0) is 7.05 Å². The Morgan fingerprint density at radius 1 is 1.15 bits per heavy atom. The monoisotopic (exact) mass is 447 g/mol. The summed E-state index contributed by atoms with van der Waals surface area (Å²) in [6.45, 7) is 7.19. The fourth-order valence-electron chi connectivity index (χ4n) is 5.07. The Kier molecular flexibility index (Phi) is 5.31. The van der Waals surface area contributed by atoms with Gasteiger partial charge in [0.25, 0.3) is 5.91 Å². The molecule has 4 heterocycles. The molecule has 33 heavy (non-hydrogen) atoms. The number of nitrogens with zero attached hydrogens (tertiary/aromatic N) is 4. The van der Waals surface area contributed by atoms with E-state index in [4.69, 9.17) is 4.74 Å². The summed E-state index contributed by atoms with van der Waals surface area (Å²) < 4.78 is 8.03. The van der Waals surface area contributed by atoms with Gasteiger partial charge in [-0.15, -0.1) is 0 Å². The van der Waals surface area contributed by atoms with Crippen LogP contribution in [0.1, 0.15) is 57.1 Å². The summed E-state index contributed by atoms with van der Waals surface area (Å²) in [5.41, 5.74) is 5.83. The van der Waals surface area contributed by atoms with Gasteiger partial charge in [-0.25, -0.2) is 0 Å². The molecule has 0 spiro atoms. The van der Waals surface area contributed by atoms with Crippen LogP contribution in [0, 0.1) is 26.7 Å². The molecule has 2 aromatic heterocycles. The van der Waals surface area contributed by atoms with Crippen molar-refractivity contribution in [1.82, 2.24) is 24.9 Å². The second kappa shape index (κ2) is 8.17. The summed E-state index contributed by atoms with van der Waals surface area (Å²) in [6.07, 6.45) is 1.91. The fraction of sp³-hybridized carbons (Fsp3) is 0.440. The lowest BCUT2D eigenvalue weighted by Gasteiger charge is -2.37. The van der Waals surface area contributed by atoms with E-state index in [0.717, 1.165) is 41.1 Å². The number of ether oxygens (including phenoxy) is 1. The third-order valence-corrected chi connectivity index (χ3v) is 7.03. The number of carbonyl (C=O) groups excluding carboxylic acids is 2. The fourth-order valence-corrected chi connectivity index (χ4v) is 5.07. The number of H-pyrrole nitrogens is 1. The number of aryl methyl sites for hydroxylation is 3. The van der Waals surface area contributed by atoms with Crippen molar-refractivity contribution in [1.29, 1.82) is 0 Å². The molecule has 0 saturated carbocycles. The number of hydrogen-bond acceptors (Lipinski definition) is 5. The number of amides is 1. The second-order valence-corrected chi connectivity index (χ2v) is 9.25. The maximum absolute atomic E-state index is 13.1. The number of likely N-dealkylation sites (tertiary alicyclic amines) is 1. The topological polar surface area (TPSA) is 93.1 Å². The largest absolute Gasteiger partial charge is 0.489 e. The standard InChI is InChI=1S/C25H29N5O3/c1-14-5-6-22-18(11-14)21(31)13-23(33-22)17-7-9-30(10-8-17)25(32)20-12-19(26-27-20)24-15(2)28-29(4)16(24)3/h5-6,11-12,17,23H,7-10,13H2,1-4H3,(H,26,27)/t23-/m0/s1. The number of aromatic nitrogens is 4. The Hall–Kier alpha value is -3.42. The molecule has 0 unspecified atom stereocenters. The van der Waals surface area contributed by atoms with Crippen molar-refractivity contribution in [2.24, 2.45) is 13.0 Å². The minimum Gasteiger partial charge on any atom is -0.489 e. The van der Waals surface area contributed by atoms with Gasteiger partial charge < -0.3 is 9.64 Å². The molecule has 2 aliphatic rings. The summed E-state index contributed by atoms with van der Waals surface area (Å²) >= 11 is 0. The van der Waals surface area contributed by atoms with E-state index in [1.54, 1.807) is 0 Å². The Labute approximate surface area is 192 Å². The molecule has 1 N–H and O–H groups in total. The number of benzene rings is 1. The van der Waals surface area contributed by atoms with Gasteiger partial charge in [0.15, 0.2) is 5.78 Å². The number of Topliss-reactive ketones (excluding diaryl/α,β-unsaturated/α-hetero) is 1. The smallest absolute Gasteiger partial charge is 0.271 e. The molecule has 1 fully saturated rings. The first kappa shape index (κ1) is 21.4. The molecular formula is C25H29N5O3. The van der Waals surface area contributed by atoms with Crippen molar-refractivity contribution < 1.29 is 14.3 Å². The third kappa shape index (κ3) is 3.83. The highest BCUT2D eigenvalue weighted by Gasteiger charge is 2.35. The predicted octanol–water partition coefficient (Wildman–Crippen LogP) is 3.62. The quantitative estimate of drug-likeness (QED) is 0.662. The summed E-state index contributed by atoms with van der Waals surface area (Å²) in [7, 11) is 1.90. The van der Waals surface area contributed by atoms with E-state index >= 15 is 0 Å². The van der Waals surface area contributed by atoms with Crippen LogP contribution in [0.4, 0.5) is 0 Å². The lowest BCUT2D eigenvalue weighted by atomic mass is 9.85. The van der Waals surface area contributed by atoms with Gasteiger partial charge in [0.1, 0.15) is 17.5 Å². The first-order valence-electron chi connectivity index (χ1n) is 11.5. The van der Waals surface area contributed by atoms with Gasteiger partial charge in [0, 0.05) is 37.8 Å². The van der Waals surface area contributed by atoms with Gasteiger partial charge >= 0.3 is 0 Å². The number of piperidine rings is 1. The molecule has 8 nitrogen and oxygen atoms in total. The minimum absolute atomic E-state index is 0.0483. The zero-order chi connectivity index (χ0) is 23.3. The van der Waals surface area contributed by atoms with Gasteiger partial charge in [0.05, 0.1) is 17.0 Å². The van der Waals surface area contributed by atoms with Gasteiger partial charge in [-0.05, 0) is 57.7 Å². The van der Waals surface area contributed by atoms with Crippen LogP contribution >= 0.6 is 0 Å². The van der Waals surface area contributed by atoms with E-state index < -0.39 is 0 Å². The van der Waals surface area contributed by atoms with Crippen LogP contribution in [0.5, 0.6) is 5.75 Å². The van der Waals surface area contributed by atoms with Gasteiger partial charge in [0.2, 0.25) is 0 Å². The van der Waals surface area contributed by atoms with Crippen molar-refractivity contribution in [2.45, 2.75) is 46.1 Å². The van der Waals surface area contributed by atoms with E-state index in [0.29, 0.717) is 36.5 Å². The Morgan fingerprint density at radius 3 is 2.61 bits per heavy atom. The molecule has 1 atom stereocenters. The van der Waals surface area contributed by atoms with Crippen LogP contribution in [0.15, 0.2) is 24.3 Å². The van der Waals surface area contributed by atoms with E-state index in [1.165, 1.54) is 0 Å². The number of nitrogens with one attached hydrogen (secondary N) is 1. The van der Waals surface area contributed by atoms with Crippen LogP contribution in [0.25, 0.3) is 11.3 Å². The van der Waals surface area contributed by atoms with Gasteiger partial charge in [-0.2, -0.15) is 10.2 Å². The molecule has 8 heteroatoms. The van der Waals surface area contributed by atoms with E-state index in [-0.39, 0.29) is 23.7 Å². The lowest BCUT2D eigenvalue weighted by Crippen LogP contribution is -2.44. The minimum atomic E-state index is -0.125. The highest BCUT2D eigenvalue weighted by molar-refractivity contribution is 6.00. The zero-order valence-electron chi connectivity index (χ0n) is 19.5. The van der Waals surface area contributed by atoms with Crippen molar-refractivity contribution in [3.8, 4) is 17.0 Å². The maximum Gasteiger partial charge on any atom is 0.271 e. The molecule has 2 aliphatic heterocycles. The number of aromatic amines is 1. The average Bonchev–Trinajstić information content (AvgIpc) is 3.37. The molecule has 0 bridgehead atoms. The first-order chi connectivity index (χ1) is 15.8. The zero-order valence-corrected chi connectivity index (χ0v) is 19.5. The Bertz CT molecular complexity index is 1230. The lowest BCUT2D eigenvalue weighted by molar-refractivity contribution is 0.0449. The summed E-state index contributed by atoms with van der Waals surface area (Å²) in [5, 5.41) is 11.7. The Balaban J connectivity index is 1.24. The van der Waals surface area contributed by atoms with E-state index in [1.807, 2.05) is 61.7 Å².